The maximum atomic E-state index is 13.8. The molecule has 42 heavy (non-hydrogen) atoms. The van der Waals surface area contributed by atoms with Gasteiger partial charge in [-0.3, -0.25) is 24.2 Å². The van der Waals surface area contributed by atoms with E-state index in [1.807, 2.05) is 75.4 Å². The van der Waals surface area contributed by atoms with Crippen LogP contribution in [0.4, 0.5) is 0 Å². The van der Waals surface area contributed by atoms with Crippen molar-refractivity contribution >= 4 is 23.7 Å². The first kappa shape index (κ1) is 33.0. The molecule has 1 fully saturated rings. The van der Waals surface area contributed by atoms with Crippen molar-refractivity contribution in [3.05, 3.63) is 60.2 Å². The summed E-state index contributed by atoms with van der Waals surface area (Å²) in [5.41, 5.74) is 3.86. The SMILES string of the molecule is CC(C)[C@@H]1NC(=O)[C@H](C)[C@H](O)[C@@H](C)C/C=C/C=C/CCOC(=O)[C@@H]2CCCN(N2)C(=O)[C@H](Cc2ccccc2)NC1=O. The molecule has 0 radical (unpaired) electrons. The lowest BCUT2D eigenvalue weighted by Gasteiger charge is -2.35. The van der Waals surface area contributed by atoms with Crippen LogP contribution in [0.5, 0.6) is 0 Å². The van der Waals surface area contributed by atoms with Crippen molar-refractivity contribution in [3.8, 4) is 0 Å². The standard InChI is InChI=1S/C32H46N4O6/c1-21(2)27-30(39)33-26(20-24-15-10-8-11-16-24)31(40)36-18-13-17-25(35-36)32(41)42-19-12-7-5-6-9-14-22(3)28(37)23(4)29(38)34-27/h5-11,15-16,21-23,25-28,35,37H,12-14,17-20H2,1-4H3,(H,33,39)(H,34,38)/b7-5+,9-6+/t22-,23+,25-,26-,27-,28+/m0/s1. The quantitative estimate of drug-likeness (QED) is 0.402. The van der Waals surface area contributed by atoms with Gasteiger partial charge in [-0.25, -0.2) is 5.43 Å². The topological polar surface area (TPSA) is 137 Å². The van der Waals surface area contributed by atoms with Crippen molar-refractivity contribution in [2.24, 2.45) is 17.8 Å². The molecule has 6 atom stereocenters. The average molecular weight is 583 g/mol. The smallest absolute Gasteiger partial charge is 0.324 e. The van der Waals surface area contributed by atoms with Crippen LogP contribution in [0.2, 0.25) is 0 Å². The number of hydrogen-bond donors (Lipinski definition) is 4. The van der Waals surface area contributed by atoms with Gasteiger partial charge in [-0.1, -0.05) is 82.3 Å². The lowest BCUT2D eigenvalue weighted by Crippen LogP contribution is -2.62. The molecule has 0 aromatic heterocycles. The first-order valence-corrected chi connectivity index (χ1v) is 15.0. The molecule has 0 spiro atoms. The summed E-state index contributed by atoms with van der Waals surface area (Å²) >= 11 is 0. The molecule has 2 aliphatic rings. The van der Waals surface area contributed by atoms with Gasteiger partial charge in [0, 0.05) is 13.0 Å². The van der Waals surface area contributed by atoms with Gasteiger partial charge < -0.3 is 20.5 Å². The van der Waals surface area contributed by atoms with Gasteiger partial charge in [0.15, 0.2) is 0 Å². The minimum absolute atomic E-state index is 0.200. The van der Waals surface area contributed by atoms with Gasteiger partial charge in [0.1, 0.15) is 18.1 Å². The number of rotatable bonds is 3. The number of hydrogen-bond acceptors (Lipinski definition) is 7. The van der Waals surface area contributed by atoms with Gasteiger partial charge >= 0.3 is 5.97 Å². The Bertz CT molecular complexity index is 1120. The Labute approximate surface area is 248 Å². The Morgan fingerprint density at radius 1 is 1.00 bits per heavy atom. The van der Waals surface area contributed by atoms with E-state index in [9.17, 15) is 24.3 Å². The van der Waals surface area contributed by atoms with Crippen molar-refractivity contribution in [3.63, 3.8) is 0 Å². The van der Waals surface area contributed by atoms with Gasteiger partial charge in [0.25, 0.3) is 5.91 Å². The van der Waals surface area contributed by atoms with Crippen LogP contribution in [-0.2, 0) is 30.3 Å². The fourth-order valence-electron chi connectivity index (χ4n) is 5.10. The van der Waals surface area contributed by atoms with Crippen LogP contribution in [0.3, 0.4) is 0 Å². The van der Waals surface area contributed by atoms with E-state index in [1.165, 1.54) is 5.01 Å². The fraction of sp³-hybridized carbons (Fsp3) is 0.562. The number of benzene rings is 1. The molecule has 2 aliphatic heterocycles. The third kappa shape index (κ3) is 9.52. The number of hydrazine groups is 1. The van der Waals surface area contributed by atoms with E-state index in [-0.39, 0.29) is 30.8 Å². The summed E-state index contributed by atoms with van der Waals surface area (Å²) < 4.78 is 5.45. The molecular weight excluding hydrogens is 536 g/mol. The maximum absolute atomic E-state index is 13.8. The maximum Gasteiger partial charge on any atom is 0.324 e. The number of allylic oxidation sites excluding steroid dienone is 3. The number of carbonyl (C=O) groups is 4. The molecule has 10 nitrogen and oxygen atoms in total. The van der Waals surface area contributed by atoms with Crippen molar-refractivity contribution < 1.29 is 29.0 Å². The summed E-state index contributed by atoms with van der Waals surface area (Å²) in [5.74, 6) is -2.96. The lowest BCUT2D eigenvalue weighted by atomic mass is 9.89. The van der Waals surface area contributed by atoms with Crippen LogP contribution in [0, 0.1) is 17.8 Å². The van der Waals surface area contributed by atoms with Crippen LogP contribution in [0.25, 0.3) is 0 Å². The molecule has 1 aromatic carbocycles. The number of nitrogens with zero attached hydrogens (tertiary/aromatic N) is 1. The number of esters is 1. The highest BCUT2D eigenvalue weighted by atomic mass is 16.5. The minimum atomic E-state index is -0.946. The summed E-state index contributed by atoms with van der Waals surface area (Å²) in [6, 6.07) is 6.80. The zero-order valence-electron chi connectivity index (χ0n) is 25.1. The van der Waals surface area contributed by atoms with Gasteiger partial charge in [0.2, 0.25) is 11.8 Å². The molecule has 10 heteroatoms. The third-order valence-corrected chi connectivity index (χ3v) is 7.81. The molecule has 1 saturated heterocycles. The molecule has 4 N–H and O–H groups in total. The van der Waals surface area contributed by atoms with E-state index < -0.39 is 47.9 Å². The van der Waals surface area contributed by atoms with Crippen LogP contribution in [-0.4, -0.2) is 71.2 Å². The van der Waals surface area contributed by atoms with E-state index in [2.05, 4.69) is 16.1 Å². The lowest BCUT2D eigenvalue weighted by molar-refractivity contribution is -0.153. The Morgan fingerprint density at radius 2 is 1.71 bits per heavy atom. The van der Waals surface area contributed by atoms with E-state index in [1.54, 1.807) is 6.92 Å². The second-order valence-corrected chi connectivity index (χ2v) is 11.6. The highest BCUT2D eigenvalue weighted by Gasteiger charge is 2.36. The van der Waals surface area contributed by atoms with Crippen molar-refractivity contribution in [1.82, 2.24) is 21.1 Å². The number of aliphatic hydroxyl groups is 1. The van der Waals surface area contributed by atoms with Crippen molar-refractivity contribution in [1.29, 1.82) is 0 Å². The molecule has 230 valence electrons. The number of nitrogens with one attached hydrogen (secondary N) is 3. The highest BCUT2D eigenvalue weighted by molar-refractivity contribution is 5.93. The van der Waals surface area contributed by atoms with Crippen LogP contribution in [0.15, 0.2) is 54.6 Å². The van der Waals surface area contributed by atoms with Crippen LogP contribution in [0.1, 0.15) is 58.9 Å². The number of fused-ring (bicyclic) bond motifs is 2. The van der Waals surface area contributed by atoms with Crippen molar-refractivity contribution in [2.45, 2.75) is 84.0 Å². The van der Waals surface area contributed by atoms with Crippen LogP contribution < -0.4 is 16.1 Å². The Balaban J connectivity index is 1.88. The number of carbonyl (C=O) groups excluding carboxylic acids is 4. The summed E-state index contributed by atoms with van der Waals surface area (Å²) in [5, 5.41) is 17.9. The molecule has 3 rings (SSSR count). The monoisotopic (exact) mass is 582 g/mol. The van der Waals surface area contributed by atoms with Gasteiger partial charge in [-0.15, -0.1) is 0 Å². The molecule has 2 heterocycles. The molecule has 0 saturated carbocycles. The van der Waals surface area contributed by atoms with Gasteiger partial charge in [-0.2, -0.15) is 0 Å². The summed E-state index contributed by atoms with van der Waals surface area (Å²) in [7, 11) is 0. The second-order valence-electron chi connectivity index (χ2n) is 11.6. The summed E-state index contributed by atoms with van der Waals surface area (Å²) in [6.07, 6.45) is 9.04. The van der Waals surface area contributed by atoms with Crippen LogP contribution >= 0.6 is 0 Å². The number of amides is 3. The van der Waals surface area contributed by atoms with E-state index in [0.29, 0.717) is 32.2 Å². The molecular formula is C32H46N4O6. The van der Waals surface area contributed by atoms with E-state index in [0.717, 1.165) is 5.56 Å². The Hall–Kier alpha value is -3.50. The van der Waals surface area contributed by atoms with Crippen molar-refractivity contribution in [2.75, 3.05) is 13.2 Å². The zero-order chi connectivity index (χ0) is 30.6. The molecule has 3 amide bonds. The minimum Gasteiger partial charge on any atom is -0.464 e. The first-order chi connectivity index (χ1) is 20.1. The van der Waals surface area contributed by atoms with Gasteiger partial charge in [-0.05, 0) is 43.1 Å². The summed E-state index contributed by atoms with van der Waals surface area (Å²) in [4.78, 5) is 53.3. The first-order valence-electron chi connectivity index (χ1n) is 15.0. The Kier molecular flexibility index (Phi) is 12.7. The van der Waals surface area contributed by atoms with Gasteiger partial charge in [0.05, 0.1) is 18.6 Å². The molecule has 1 aromatic rings. The zero-order valence-corrected chi connectivity index (χ0v) is 25.1. The summed E-state index contributed by atoms with van der Waals surface area (Å²) in [6.45, 7) is 7.72. The molecule has 0 aliphatic carbocycles. The average Bonchev–Trinajstić information content (AvgIpc) is 2.99. The predicted octanol–water partition coefficient (Wildman–Crippen LogP) is 2.43. The predicted molar refractivity (Wildman–Crippen MR) is 160 cm³/mol. The second kappa shape index (κ2) is 16.2. The fourth-order valence-corrected chi connectivity index (χ4v) is 5.10. The number of aliphatic hydroxyl groups excluding tert-OH is 1. The third-order valence-electron chi connectivity index (χ3n) is 7.81. The number of cyclic esters (lactones) is 1. The largest absolute Gasteiger partial charge is 0.464 e. The van der Waals surface area contributed by atoms with E-state index in [4.69, 9.17) is 4.74 Å². The number of ether oxygens (including phenoxy) is 1. The van der Waals surface area contributed by atoms with E-state index >= 15 is 0 Å². The molecule has 0 unspecified atom stereocenters. The normalized spacial score (nSPS) is 30.8. The Morgan fingerprint density at radius 3 is 2.43 bits per heavy atom. The molecule has 2 bridgehead atoms. The highest BCUT2D eigenvalue weighted by Crippen LogP contribution is 2.19.